The monoisotopic (exact) mass is 573 g/mol. The van der Waals surface area contributed by atoms with E-state index in [1.807, 2.05) is 55.6 Å². The molecule has 5 aromatic rings. The molecule has 0 unspecified atom stereocenters. The lowest BCUT2D eigenvalue weighted by Gasteiger charge is -2.38. The Morgan fingerprint density at radius 1 is 1.10 bits per heavy atom. The van der Waals surface area contributed by atoms with Gasteiger partial charge in [0.25, 0.3) is 5.56 Å². The lowest BCUT2D eigenvalue weighted by molar-refractivity contribution is -0.0364. The molecule has 3 aromatic heterocycles. The first-order chi connectivity index (χ1) is 19.7. The molecule has 0 radical (unpaired) electrons. The van der Waals surface area contributed by atoms with Crippen molar-refractivity contribution in [3.63, 3.8) is 0 Å². The van der Waals surface area contributed by atoms with Crippen LogP contribution in [0.5, 0.6) is 0 Å². The van der Waals surface area contributed by atoms with Crippen molar-refractivity contribution in [2.24, 2.45) is 12.8 Å². The molecule has 2 aromatic carbocycles. The summed E-state index contributed by atoms with van der Waals surface area (Å²) in [4.78, 5) is 20.3. The molecular formula is C29H32ClN9O2. The third-order valence-corrected chi connectivity index (χ3v) is 8.18. The molecule has 41 heavy (non-hydrogen) atoms. The maximum absolute atomic E-state index is 13.4. The summed E-state index contributed by atoms with van der Waals surface area (Å²) in [6.07, 6.45) is 4.41. The van der Waals surface area contributed by atoms with Crippen LogP contribution in [0.2, 0.25) is 5.02 Å². The minimum Gasteiger partial charge on any atom is -0.388 e. The van der Waals surface area contributed by atoms with Gasteiger partial charge in [0.05, 0.1) is 41.7 Å². The summed E-state index contributed by atoms with van der Waals surface area (Å²) in [5.74, 6) is 0. The third-order valence-electron chi connectivity index (χ3n) is 7.83. The Hall–Kier alpha value is -3.90. The van der Waals surface area contributed by atoms with Gasteiger partial charge in [0.15, 0.2) is 5.52 Å². The van der Waals surface area contributed by atoms with Gasteiger partial charge in [-0.2, -0.15) is 5.10 Å². The average molecular weight is 574 g/mol. The second-order valence-corrected chi connectivity index (χ2v) is 11.2. The quantitative estimate of drug-likeness (QED) is 0.304. The molecule has 11 nitrogen and oxygen atoms in total. The van der Waals surface area contributed by atoms with E-state index in [9.17, 15) is 9.90 Å². The summed E-state index contributed by atoms with van der Waals surface area (Å²) in [7, 11) is 1.80. The van der Waals surface area contributed by atoms with Crippen molar-refractivity contribution in [2.75, 3.05) is 13.1 Å². The van der Waals surface area contributed by atoms with Crippen LogP contribution in [0, 0.1) is 6.92 Å². The zero-order valence-electron chi connectivity index (χ0n) is 23.0. The molecule has 12 heteroatoms. The molecule has 1 fully saturated rings. The van der Waals surface area contributed by atoms with E-state index in [2.05, 4.69) is 25.3 Å². The van der Waals surface area contributed by atoms with E-state index in [1.165, 1.54) is 10.9 Å². The maximum atomic E-state index is 13.4. The topological polar surface area (TPSA) is 133 Å². The van der Waals surface area contributed by atoms with Crippen molar-refractivity contribution in [1.29, 1.82) is 0 Å². The molecule has 3 N–H and O–H groups in total. The van der Waals surface area contributed by atoms with Crippen molar-refractivity contribution < 1.29 is 5.11 Å². The van der Waals surface area contributed by atoms with E-state index >= 15 is 0 Å². The number of rotatable bonds is 7. The van der Waals surface area contributed by atoms with Gasteiger partial charge >= 0.3 is 0 Å². The van der Waals surface area contributed by atoms with Crippen molar-refractivity contribution >= 4 is 22.6 Å². The molecule has 1 aliphatic heterocycles. The molecule has 212 valence electrons. The molecule has 0 spiro atoms. The van der Waals surface area contributed by atoms with Gasteiger partial charge in [-0.3, -0.25) is 18.9 Å². The SMILES string of the molecule is Cc1cn(-c2ccc(CN3CCC(O)(Cn4cnc5c(-c6ccc(CN)cc6)n(C)nc5c4=O)CC3)c(Cl)c2)nn1. The van der Waals surface area contributed by atoms with Crippen LogP contribution in [0.25, 0.3) is 28.0 Å². The fraction of sp³-hybridized carbons (Fsp3) is 0.345. The highest BCUT2D eigenvalue weighted by Crippen LogP contribution is 2.29. The summed E-state index contributed by atoms with van der Waals surface area (Å²) in [5, 5.41) is 24.7. The van der Waals surface area contributed by atoms with Crippen LogP contribution >= 0.6 is 11.6 Å². The number of aliphatic hydroxyl groups is 1. The number of hydrogen-bond acceptors (Lipinski definition) is 8. The Kier molecular flexibility index (Phi) is 7.20. The highest BCUT2D eigenvalue weighted by atomic mass is 35.5. The first kappa shape index (κ1) is 27.3. The number of benzene rings is 2. The lowest BCUT2D eigenvalue weighted by Crippen LogP contribution is -2.47. The van der Waals surface area contributed by atoms with E-state index < -0.39 is 5.60 Å². The zero-order chi connectivity index (χ0) is 28.7. The van der Waals surface area contributed by atoms with Crippen LogP contribution in [0.1, 0.15) is 29.7 Å². The van der Waals surface area contributed by atoms with Crippen molar-refractivity contribution in [3.05, 3.63) is 87.2 Å². The molecule has 4 heterocycles. The maximum Gasteiger partial charge on any atom is 0.281 e. The summed E-state index contributed by atoms with van der Waals surface area (Å²) in [5.41, 5.74) is 10.7. The van der Waals surface area contributed by atoms with E-state index in [0.29, 0.717) is 49.6 Å². The van der Waals surface area contributed by atoms with Crippen LogP contribution in [0.3, 0.4) is 0 Å². The van der Waals surface area contributed by atoms with Crippen LogP contribution in [0.15, 0.2) is 59.8 Å². The van der Waals surface area contributed by atoms with Crippen molar-refractivity contribution in [1.82, 2.24) is 39.2 Å². The molecule has 6 rings (SSSR count). The third kappa shape index (κ3) is 5.41. The minimum absolute atomic E-state index is 0.159. The van der Waals surface area contributed by atoms with Crippen LogP contribution < -0.4 is 11.3 Å². The predicted molar refractivity (Wildman–Crippen MR) is 157 cm³/mol. The number of piperidine rings is 1. The summed E-state index contributed by atoms with van der Waals surface area (Å²) in [6, 6.07) is 13.7. The predicted octanol–water partition coefficient (Wildman–Crippen LogP) is 2.83. The highest BCUT2D eigenvalue weighted by molar-refractivity contribution is 6.31. The Balaban J connectivity index is 1.14. The Labute approximate surface area is 241 Å². The van der Waals surface area contributed by atoms with Gasteiger partial charge in [-0.1, -0.05) is 47.1 Å². The summed E-state index contributed by atoms with van der Waals surface area (Å²) in [6.45, 7) is 4.53. The molecular weight excluding hydrogens is 542 g/mol. The summed E-state index contributed by atoms with van der Waals surface area (Å²) < 4.78 is 4.86. The molecule has 0 amide bonds. The van der Waals surface area contributed by atoms with E-state index in [1.54, 1.807) is 16.4 Å². The molecule has 0 atom stereocenters. The fourth-order valence-corrected chi connectivity index (χ4v) is 5.69. The van der Waals surface area contributed by atoms with Gasteiger partial charge in [-0.25, -0.2) is 9.67 Å². The first-order valence-electron chi connectivity index (χ1n) is 13.6. The number of fused-ring (bicyclic) bond motifs is 1. The molecule has 1 saturated heterocycles. The molecule has 0 saturated carbocycles. The van der Waals surface area contributed by atoms with Crippen LogP contribution in [-0.4, -0.2) is 63.0 Å². The number of nitrogens with two attached hydrogens (primary N) is 1. The van der Waals surface area contributed by atoms with Crippen molar-refractivity contribution in [3.8, 4) is 16.9 Å². The van der Waals surface area contributed by atoms with Gasteiger partial charge < -0.3 is 10.8 Å². The molecule has 0 aliphatic carbocycles. The largest absolute Gasteiger partial charge is 0.388 e. The summed E-state index contributed by atoms with van der Waals surface area (Å²) >= 11 is 6.60. The standard InChI is InChI=1S/C29H32ClN9O2/c1-19-15-39(35-33-19)23-8-7-22(24(30)13-23)16-37-11-9-29(41,10-12-37)17-38-18-32-25-26(28(38)40)34-36(2)27(25)21-5-3-20(14-31)4-6-21/h3-8,13,15,18,41H,9-12,14,16-17,31H2,1-2H3. The normalized spacial score (nSPS) is 15.5. The van der Waals surface area contributed by atoms with Gasteiger partial charge in [0.2, 0.25) is 0 Å². The lowest BCUT2D eigenvalue weighted by atomic mass is 9.91. The van der Waals surface area contributed by atoms with Gasteiger partial charge in [-0.15, -0.1) is 5.10 Å². The highest BCUT2D eigenvalue weighted by Gasteiger charge is 2.33. The smallest absolute Gasteiger partial charge is 0.281 e. The van der Waals surface area contributed by atoms with Gasteiger partial charge in [0, 0.05) is 43.8 Å². The number of aromatic nitrogens is 7. The van der Waals surface area contributed by atoms with Gasteiger partial charge in [-0.05, 0) is 43.0 Å². The number of aryl methyl sites for hydroxylation is 2. The van der Waals surface area contributed by atoms with E-state index in [4.69, 9.17) is 17.3 Å². The Morgan fingerprint density at radius 3 is 2.51 bits per heavy atom. The second kappa shape index (κ2) is 10.8. The Morgan fingerprint density at radius 2 is 1.85 bits per heavy atom. The van der Waals surface area contributed by atoms with Crippen molar-refractivity contribution in [2.45, 2.75) is 45.0 Å². The van der Waals surface area contributed by atoms with Crippen LogP contribution in [-0.2, 0) is 26.7 Å². The van der Waals surface area contributed by atoms with Crippen LogP contribution in [0.4, 0.5) is 0 Å². The second-order valence-electron chi connectivity index (χ2n) is 10.8. The number of nitrogens with zero attached hydrogens (tertiary/aromatic N) is 8. The Bertz CT molecular complexity index is 1770. The zero-order valence-corrected chi connectivity index (χ0v) is 23.8. The number of halogens is 1. The average Bonchev–Trinajstić information content (AvgIpc) is 3.55. The van der Waals surface area contributed by atoms with E-state index in [-0.39, 0.29) is 17.6 Å². The molecule has 1 aliphatic rings. The molecule has 0 bridgehead atoms. The number of hydrogen-bond donors (Lipinski definition) is 2. The van der Waals surface area contributed by atoms with Gasteiger partial charge in [0.1, 0.15) is 5.52 Å². The van der Waals surface area contributed by atoms with E-state index in [0.717, 1.165) is 33.8 Å². The minimum atomic E-state index is -1.02. The number of likely N-dealkylation sites (tertiary alicyclic amines) is 1. The fourth-order valence-electron chi connectivity index (χ4n) is 5.45. The first-order valence-corrected chi connectivity index (χ1v) is 13.9.